The van der Waals surface area contributed by atoms with E-state index in [9.17, 15) is 27.5 Å². The summed E-state index contributed by atoms with van der Waals surface area (Å²) in [5, 5.41) is 16.5. The van der Waals surface area contributed by atoms with Crippen LogP contribution in [-0.2, 0) is 21.3 Å². The molecule has 196 valence electrons. The maximum Gasteiger partial charge on any atom is 0.416 e. The van der Waals surface area contributed by atoms with Gasteiger partial charge < -0.3 is 20.5 Å². The number of nitrogens with one attached hydrogen (secondary N) is 2. The van der Waals surface area contributed by atoms with E-state index < -0.39 is 29.2 Å². The Morgan fingerprint density at radius 3 is 2.22 bits per heavy atom. The molecule has 0 aliphatic carbocycles. The van der Waals surface area contributed by atoms with Crippen molar-refractivity contribution in [2.75, 3.05) is 26.8 Å². The molecule has 5 nitrogen and oxygen atoms in total. The molecule has 3 aromatic rings. The van der Waals surface area contributed by atoms with E-state index >= 15 is 0 Å². The van der Waals surface area contributed by atoms with E-state index in [0.29, 0.717) is 29.7 Å². The Bertz CT molecular complexity index is 1210. The average Bonchev–Trinajstić information content (AvgIpc) is 2.87. The van der Waals surface area contributed by atoms with Crippen LogP contribution in [0.15, 0.2) is 72.8 Å². The Morgan fingerprint density at radius 1 is 1.00 bits per heavy atom. The summed E-state index contributed by atoms with van der Waals surface area (Å²) < 4.78 is 58.0. The minimum atomic E-state index is -4.45. The number of aliphatic hydroxyl groups is 1. The second-order valence-corrected chi connectivity index (χ2v) is 9.16. The lowest BCUT2D eigenvalue weighted by Crippen LogP contribution is -2.46. The molecule has 1 fully saturated rings. The zero-order chi connectivity index (χ0) is 26.6. The van der Waals surface area contributed by atoms with E-state index in [1.807, 2.05) is 12.1 Å². The topological polar surface area (TPSA) is 70.6 Å². The third-order valence-electron chi connectivity index (χ3n) is 6.64. The first-order valence-electron chi connectivity index (χ1n) is 11.9. The Morgan fingerprint density at radius 2 is 1.65 bits per heavy atom. The van der Waals surface area contributed by atoms with Crippen LogP contribution in [0.5, 0.6) is 0 Å². The molecule has 9 heteroatoms. The summed E-state index contributed by atoms with van der Waals surface area (Å²) in [6.45, 7) is 0.682. The number of amides is 1. The first-order chi connectivity index (χ1) is 17.6. The number of carbonyl (C=O) groups is 1. The van der Waals surface area contributed by atoms with Crippen molar-refractivity contribution in [2.24, 2.45) is 0 Å². The molecule has 0 unspecified atom stereocenters. The third-order valence-corrected chi connectivity index (χ3v) is 6.64. The molecule has 0 saturated carbocycles. The molecule has 1 heterocycles. The number of benzene rings is 3. The van der Waals surface area contributed by atoms with Crippen molar-refractivity contribution in [1.29, 1.82) is 0 Å². The summed E-state index contributed by atoms with van der Waals surface area (Å²) in [7, 11) is 1.51. The van der Waals surface area contributed by atoms with Gasteiger partial charge in [-0.15, -0.1) is 0 Å². The molecule has 1 aliphatic rings. The van der Waals surface area contributed by atoms with Crippen molar-refractivity contribution in [1.82, 2.24) is 10.6 Å². The molecular formula is C28H28F4N2O3. The number of alkyl halides is 3. The molecule has 0 spiro atoms. The molecular weight excluding hydrogens is 488 g/mol. The molecule has 1 aliphatic heterocycles. The number of carbonyl (C=O) groups excluding carboxylic acids is 1. The van der Waals surface area contributed by atoms with E-state index in [1.54, 1.807) is 12.1 Å². The quantitative estimate of drug-likeness (QED) is 0.362. The molecule has 1 saturated heterocycles. The predicted octanol–water partition coefficient (Wildman–Crippen LogP) is 4.66. The Kier molecular flexibility index (Phi) is 7.96. The van der Waals surface area contributed by atoms with Gasteiger partial charge in [0.1, 0.15) is 17.5 Å². The van der Waals surface area contributed by atoms with Crippen LogP contribution in [0.2, 0.25) is 0 Å². The van der Waals surface area contributed by atoms with Crippen molar-refractivity contribution in [3.8, 4) is 0 Å². The summed E-state index contributed by atoms with van der Waals surface area (Å²) >= 11 is 0. The molecule has 0 bridgehead atoms. The van der Waals surface area contributed by atoms with Crippen molar-refractivity contribution < 1.29 is 32.2 Å². The van der Waals surface area contributed by atoms with E-state index in [1.165, 1.54) is 43.4 Å². The second kappa shape index (κ2) is 11.0. The number of hydrogen-bond donors (Lipinski definition) is 3. The Balaban J connectivity index is 1.60. The normalized spacial score (nSPS) is 16.5. The van der Waals surface area contributed by atoms with Gasteiger partial charge in [0, 0.05) is 13.0 Å². The SMILES string of the molecule is CNC(=O)[C@H](NCC[C@H](c1ccc(C(F)(F)F)cc1)c1cccc(C2(O)COC2)c1)c1ccc(F)cc1. The van der Waals surface area contributed by atoms with E-state index in [-0.39, 0.29) is 25.0 Å². The van der Waals surface area contributed by atoms with Gasteiger partial charge in [-0.2, -0.15) is 13.2 Å². The van der Waals surface area contributed by atoms with Crippen molar-refractivity contribution in [3.05, 3.63) is 106 Å². The first-order valence-corrected chi connectivity index (χ1v) is 11.9. The van der Waals surface area contributed by atoms with Gasteiger partial charge in [-0.05, 0) is 59.5 Å². The van der Waals surface area contributed by atoms with Crippen LogP contribution >= 0.6 is 0 Å². The van der Waals surface area contributed by atoms with E-state index in [4.69, 9.17) is 4.74 Å². The fourth-order valence-electron chi connectivity index (χ4n) is 4.47. The van der Waals surface area contributed by atoms with Crippen molar-refractivity contribution >= 4 is 5.91 Å². The lowest BCUT2D eigenvalue weighted by Gasteiger charge is -2.37. The average molecular weight is 517 g/mol. The van der Waals surface area contributed by atoms with Gasteiger partial charge in [-0.1, -0.05) is 48.5 Å². The van der Waals surface area contributed by atoms with Gasteiger partial charge >= 0.3 is 6.18 Å². The largest absolute Gasteiger partial charge is 0.416 e. The highest BCUT2D eigenvalue weighted by atomic mass is 19.4. The summed E-state index contributed by atoms with van der Waals surface area (Å²) in [5.74, 6) is -1.04. The van der Waals surface area contributed by atoms with Gasteiger partial charge in [-0.3, -0.25) is 4.79 Å². The minimum absolute atomic E-state index is 0.175. The standard InChI is InChI=1S/C28H28F4N2O3/c1-33-26(35)25(19-7-11-23(29)12-8-19)34-14-13-24(18-5-9-21(10-6-18)28(30,31)32)20-3-2-4-22(15-20)27(36)16-37-17-27/h2-12,15,24-25,34,36H,13-14,16-17H2,1H3,(H,33,35)/t24-,25-/m1/s1. The molecule has 2 atom stereocenters. The number of rotatable bonds is 9. The lowest BCUT2D eigenvalue weighted by molar-refractivity contribution is -0.184. The first kappa shape index (κ1) is 26.8. The Hall–Kier alpha value is -3.27. The molecule has 0 radical (unpaired) electrons. The molecule has 37 heavy (non-hydrogen) atoms. The lowest BCUT2D eigenvalue weighted by atomic mass is 9.84. The maximum absolute atomic E-state index is 13.4. The summed E-state index contributed by atoms with van der Waals surface area (Å²) in [6.07, 6.45) is -4.00. The van der Waals surface area contributed by atoms with Crippen LogP contribution in [0.25, 0.3) is 0 Å². The van der Waals surface area contributed by atoms with Crippen LogP contribution in [0.1, 0.15) is 46.2 Å². The molecule has 3 N–H and O–H groups in total. The predicted molar refractivity (Wildman–Crippen MR) is 130 cm³/mol. The Labute approximate surface area is 212 Å². The summed E-state index contributed by atoms with van der Waals surface area (Å²) in [5.41, 5.74) is 0.918. The minimum Gasteiger partial charge on any atom is -0.380 e. The fourth-order valence-corrected chi connectivity index (χ4v) is 4.47. The molecule has 1 amide bonds. The smallest absolute Gasteiger partial charge is 0.380 e. The zero-order valence-electron chi connectivity index (χ0n) is 20.2. The van der Waals surface area contributed by atoms with Crippen LogP contribution in [0, 0.1) is 5.82 Å². The monoisotopic (exact) mass is 516 g/mol. The molecule has 3 aromatic carbocycles. The number of hydrogen-bond acceptors (Lipinski definition) is 4. The maximum atomic E-state index is 13.4. The summed E-state index contributed by atoms with van der Waals surface area (Å²) in [6, 6.07) is 17.2. The zero-order valence-corrected chi connectivity index (χ0v) is 20.2. The van der Waals surface area contributed by atoms with E-state index in [2.05, 4.69) is 10.6 Å². The number of ether oxygens (including phenoxy) is 1. The summed E-state index contributed by atoms with van der Waals surface area (Å²) in [4.78, 5) is 12.5. The van der Waals surface area contributed by atoms with Gasteiger partial charge in [0.25, 0.3) is 0 Å². The van der Waals surface area contributed by atoms with Gasteiger partial charge in [0.15, 0.2) is 0 Å². The second-order valence-electron chi connectivity index (χ2n) is 9.16. The van der Waals surface area contributed by atoms with Crippen LogP contribution in [0.4, 0.5) is 17.6 Å². The molecule has 4 rings (SSSR count). The van der Waals surface area contributed by atoms with Gasteiger partial charge in [-0.25, -0.2) is 4.39 Å². The van der Waals surface area contributed by atoms with Gasteiger partial charge in [0.2, 0.25) is 5.91 Å². The highest BCUT2D eigenvalue weighted by Crippen LogP contribution is 2.36. The van der Waals surface area contributed by atoms with Crippen molar-refractivity contribution in [3.63, 3.8) is 0 Å². The fraction of sp³-hybridized carbons (Fsp3) is 0.321. The van der Waals surface area contributed by atoms with Crippen LogP contribution in [-0.4, -0.2) is 37.8 Å². The van der Waals surface area contributed by atoms with Crippen LogP contribution in [0.3, 0.4) is 0 Å². The van der Waals surface area contributed by atoms with Crippen molar-refractivity contribution in [2.45, 2.75) is 30.2 Å². The van der Waals surface area contributed by atoms with Gasteiger partial charge in [0.05, 0.1) is 18.8 Å². The number of halogens is 4. The number of likely N-dealkylation sites (N-methyl/N-ethyl adjacent to an activating group) is 1. The highest BCUT2D eigenvalue weighted by molar-refractivity contribution is 5.82. The highest BCUT2D eigenvalue weighted by Gasteiger charge is 2.38. The van der Waals surface area contributed by atoms with E-state index in [0.717, 1.165) is 17.7 Å². The molecule has 0 aromatic heterocycles. The third kappa shape index (κ3) is 6.18. The van der Waals surface area contributed by atoms with Crippen LogP contribution < -0.4 is 10.6 Å².